The van der Waals surface area contributed by atoms with E-state index in [9.17, 15) is 22.4 Å². The molecule has 10 heteroatoms. The summed E-state index contributed by atoms with van der Waals surface area (Å²) in [7, 11) is 0. The quantitative estimate of drug-likeness (QED) is 0.408. The number of rotatable bonds is 4. The van der Waals surface area contributed by atoms with Gasteiger partial charge >= 0.3 is 6.18 Å². The van der Waals surface area contributed by atoms with Gasteiger partial charge in [-0.25, -0.2) is 9.07 Å². The molecule has 3 heterocycles. The molecule has 0 bridgehead atoms. The first-order valence-corrected chi connectivity index (χ1v) is 10.8. The molecule has 2 aromatic heterocycles. The van der Waals surface area contributed by atoms with Crippen LogP contribution in [0.15, 0.2) is 73.1 Å². The van der Waals surface area contributed by atoms with Gasteiger partial charge in [-0.2, -0.15) is 18.3 Å². The van der Waals surface area contributed by atoms with Crippen LogP contribution in [0.25, 0.3) is 22.4 Å². The number of nitrogens with one attached hydrogen (secondary N) is 1. The van der Waals surface area contributed by atoms with Crippen molar-refractivity contribution in [3.63, 3.8) is 0 Å². The van der Waals surface area contributed by atoms with Crippen molar-refractivity contribution < 1.29 is 22.4 Å². The Morgan fingerprint density at radius 3 is 2.43 bits per heavy atom. The van der Waals surface area contributed by atoms with Gasteiger partial charge < -0.3 is 0 Å². The van der Waals surface area contributed by atoms with Gasteiger partial charge in [0.15, 0.2) is 5.82 Å². The maximum atomic E-state index is 13.5. The van der Waals surface area contributed by atoms with Crippen molar-refractivity contribution in [3.05, 3.63) is 90.0 Å². The molecule has 178 valence electrons. The Kier molecular flexibility index (Phi) is 5.72. The number of alkyl halides is 3. The molecular formula is C25H19F4N5O. The highest BCUT2D eigenvalue weighted by molar-refractivity contribution is 5.90. The Bertz CT molecular complexity index is 1370. The summed E-state index contributed by atoms with van der Waals surface area (Å²) in [5.41, 5.74) is 5.37. The van der Waals surface area contributed by atoms with Crippen LogP contribution in [0, 0.1) is 5.82 Å². The van der Waals surface area contributed by atoms with Crippen LogP contribution in [0.3, 0.4) is 0 Å². The predicted octanol–water partition coefficient (Wildman–Crippen LogP) is 5.18. The smallest absolute Gasteiger partial charge is 0.279 e. The molecule has 1 aliphatic rings. The van der Waals surface area contributed by atoms with E-state index in [1.807, 2.05) is 0 Å². The molecule has 6 nitrogen and oxygen atoms in total. The number of pyridine rings is 1. The van der Waals surface area contributed by atoms with Crippen LogP contribution in [0.4, 0.5) is 23.4 Å². The fraction of sp³-hybridized carbons (Fsp3) is 0.160. The van der Waals surface area contributed by atoms with E-state index in [2.05, 4.69) is 10.4 Å². The summed E-state index contributed by atoms with van der Waals surface area (Å²) in [5.74, 6) is -0.187. The number of hydrogen-bond acceptors (Lipinski definition) is 4. The largest absolute Gasteiger partial charge is 0.416 e. The van der Waals surface area contributed by atoms with Crippen molar-refractivity contribution in [2.45, 2.75) is 19.1 Å². The van der Waals surface area contributed by atoms with Gasteiger partial charge in [0, 0.05) is 18.0 Å². The average Bonchev–Trinajstić information content (AvgIpc) is 3.23. The predicted molar refractivity (Wildman–Crippen MR) is 121 cm³/mol. The van der Waals surface area contributed by atoms with Gasteiger partial charge in [0.2, 0.25) is 5.91 Å². The zero-order chi connectivity index (χ0) is 24.6. The highest BCUT2D eigenvalue weighted by Gasteiger charge is 2.31. The highest BCUT2D eigenvalue weighted by Crippen LogP contribution is 2.39. The van der Waals surface area contributed by atoms with Gasteiger partial charge in [-0.05, 0) is 53.6 Å². The maximum absolute atomic E-state index is 13.5. The number of halogens is 4. The number of amides is 1. The first-order chi connectivity index (χ1) is 16.8. The van der Waals surface area contributed by atoms with Crippen LogP contribution < -0.4 is 5.43 Å². The summed E-state index contributed by atoms with van der Waals surface area (Å²) in [4.78, 5) is 17.1. The Balaban J connectivity index is 1.46. The van der Waals surface area contributed by atoms with E-state index in [0.29, 0.717) is 29.2 Å². The first kappa shape index (κ1) is 22.6. The Hall–Kier alpha value is -4.21. The Morgan fingerprint density at radius 2 is 1.71 bits per heavy atom. The third-order valence-electron chi connectivity index (χ3n) is 5.73. The van der Waals surface area contributed by atoms with Crippen LogP contribution in [0.1, 0.15) is 11.1 Å². The molecule has 1 amide bonds. The van der Waals surface area contributed by atoms with Crippen molar-refractivity contribution in [3.8, 4) is 22.4 Å². The zero-order valence-corrected chi connectivity index (χ0v) is 18.3. The fourth-order valence-electron chi connectivity index (χ4n) is 4.03. The van der Waals surface area contributed by atoms with Gasteiger partial charge in [0.1, 0.15) is 11.5 Å². The number of carbonyl (C=O) groups excluding carboxylic acids is 1. The standard InChI is InChI=1S/C25H19F4N5O/c26-20-6-4-18(5-7-20)23-22(17-8-10-30-11-9-17)24-32-33(12-13-34(24)31-23)21(35)15-16-2-1-3-19(14-16)25(27,28)29/h1-11,14,32H,12-13,15H2. The van der Waals surface area contributed by atoms with Crippen LogP contribution in [0.5, 0.6) is 0 Å². The summed E-state index contributed by atoms with van der Waals surface area (Å²) in [6.07, 6.45) is -1.41. The van der Waals surface area contributed by atoms with E-state index in [4.69, 9.17) is 5.10 Å². The third-order valence-corrected chi connectivity index (χ3v) is 5.73. The monoisotopic (exact) mass is 481 g/mol. The number of anilines is 1. The second-order valence-electron chi connectivity index (χ2n) is 8.07. The normalized spacial score (nSPS) is 13.3. The lowest BCUT2D eigenvalue weighted by atomic mass is 10.0. The van der Waals surface area contributed by atoms with Crippen molar-refractivity contribution >= 4 is 11.7 Å². The lowest BCUT2D eigenvalue weighted by Gasteiger charge is -2.30. The topological polar surface area (TPSA) is 63.1 Å². The summed E-state index contributed by atoms with van der Waals surface area (Å²) in [6, 6.07) is 14.3. The Morgan fingerprint density at radius 1 is 0.971 bits per heavy atom. The Labute approximate surface area is 197 Å². The number of benzene rings is 2. The number of hydrazine groups is 1. The molecule has 0 atom stereocenters. The fourth-order valence-corrected chi connectivity index (χ4v) is 4.03. The molecule has 35 heavy (non-hydrogen) atoms. The van der Waals surface area contributed by atoms with Gasteiger partial charge in [-0.1, -0.05) is 18.2 Å². The van der Waals surface area contributed by atoms with Crippen molar-refractivity contribution in [2.24, 2.45) is 0 Å². The summed E-state index contributed by atoms with van der Waals surface area (Å²) in [6.45, 7) is 0.640. The zero-order valence-electron chi connectivity index (χ0n) is 18.3. The van der Waals surface area contributed by atoms with Gasteiger partial charge in [0.05, 0.1) is 30.6 Å². The van der Waals surface area contributed by atoms with Crippen LogP contribution in [-0.4, -0.2) is 32.2 Å². The lowest BCUT2D eigenvalue weighted by molar-refractivity contribution is -0.138. The molecule has 0 aliphatic carbocycles. The van der Waals surface area contributed by atoms with E-state index < -0.39 is 11.7 Å². The minimum absolute atomic E-state index is 0.194. The van der Waals surface area contributed by atoms with E-state index in [-0.39, 0.29) is 30.3 Å². The second-order valence-corrected chi connectivity index (χ2v) is 8.07. The molecule has 0 saturated carbocycles. The molecule has 0 radical (unpaired) electrons. The van der Waals surface area contributed by atoms with Crippen LogP contribution in [-0.2, 0) is 23.9 Å². The molecular weight excluding hydrogens is 462 g/mol. The summed E-state index contributed by atoms with van der Waals surface area (Å²) >= 11 is 0. The molecule has 0 unspecified atom stereocenters. The van der Waals surface area contributed by atoms with Gasteiger partial charge in [-0.15, -0.1) is 0 Å². The van der Waals surface area contributed by atoms with E-state index >= 15 is 0 Å². The van der Waals surface area contributed by atoms with E-state index in [1.165, 1.54) is 29.3 Å². The number of aromatic nitrogens is 3. The minimum atomic E-state index is -4.48. The SMILES string of the molecule is O=C(Cc1cccc(C(F)(F)F)c1)N1CCn2nc(-c3ccc(F)cc3)c(-c3ccncc3)c2N1. The van der Waals surface area contributed by atoms with Gasteiger partial charge in [-0.3, -0.25) is 20.2 Å². The van der Waals surface area contributed by atoms with Gasteiger partial charge in [0.25, 0.3) is 0 Å². The minimum Gasteiger partial charge on any atom is -0.279 e. The average molecular weight is 481 g/mol. The summed E-state index contributed by atoms with van der Waals surface area (Å²) < 4.78 is 54.4. The van der Waals surface area contributed by atoms with Crippen molar-refractivity contribution in [2.75, 3.05) is 12.0 Å². The van der Waals surface area contributed by atoms with Crippen LogP contribution in [0.2, 0.25) is 0 Å². The first-order valence-electron chi connectivity index (χ1n) is 10.8. The molecule has 4 aromatic rings. The number of fused-ring (bicyclic) bond motifs is 1. The number of carbonyl (C=O) groups is 1. The molecule has 0 fully saturated rings. The van der Waals surface area contributed by atoms with E-state index in [1.54, 1.807) is 41.3 Å². The van der Waals surface area contributed by atoms with Crippen molar-refractivity contribution in [1.29, 1.82) is 0 Å². The second kappa shape index (κ2) is 8.86. The molecule has 1 N–H and O–H groups in total. The molecule has 0 spiro atoms. The number of hydrogen-bond donors (Lipinski definition) is 1. The molecule has 1 aliphatic heterocycles. The number of nitrogens with zero attached hydrogens (tertiary/aromatic N) is 4. The molecule has 2 aromatic carbocycles. The third kappa shape index (κ3) is 4.59. The molecule has 0 saturated heterocycles. The lowest BCUT2D eigenvalue weighted by Crippen LogP contribution is -2.43. The highest BCUT2D eigenvalue weighted by atomic mass is 19.4. The maximum Gasteiger partial charge on any atom is 0.416 e. The van der Waals surface area contributed by atoms with Crippen molar-refractivity contribution in [1.82, 2.24) is 19.8 Å². The molecule has 5 rings (SSSR count). The van der Waals surface area contributed by atoms with Crippen LogP contribution >= 0.6 is 0 Å². The summed E-state index contributed by atoms with van der Waals surface area (Å²) in [5, 5.41) is 6.08. The van der Waals surface area contributed by atoms with E-state index in [0.717, 1.165) is 17.7 Å².